The molecule has 4 rings (SSSR count). The molecule has 14 heteroatoms. The maximum atomic E-state index is 13.0. The van der Waals surface area contributed by atoms with Gasteiger partial charge in [-0.1, -0.05) is 24.8 Å². The monoisotopic (exact) mass is 619 g/mol. The van der Waals surface area contributed by atoms with Gasteiger partial charge in [0.05, 0.1) is 30.2 Å². The lowest BCUT2D eigenvalue weighted by molar-refractivity contribution is -0.137. The SMILES string of the molecule is C=CC(=O)NCC(=O)NC1=CC(Nc2ncc(NC(=O)c3cc(NC(=O)c4cccc(C(F)(F)F)c4)ccc3C)cn2)=CCC1. The molecule has 1 aliphatic rings. The number of halogens is 3. The van der Waals surface area contributed by atoms with Crippen molar-refractivity contribution in [2.24, 2.45) is 0 Å². The van der Waals surface area contributed by atoms with E-state index in [1.54, 1.807) is 19.1 Å². The number of hydrogen-bond acceptors (Lipinski definition) is 7. The first-order valence-electron chi connectivity index (χ1n) is 13.5. The number of carbonyl (C=O) groups excluding carboxylic acids is 4. The van der Waals surface area contributed by atoms with Gasteiger partial charge in [0.2, 0.25) is 17.8 Å². The summed E-state index contributed by atoms with van der Waals surface area (Å²) in [4.78, 5) is 57.4. The normalized spacial score (nSPS) is 12.6. The third-order valence-corrected chi connectivity index (χ3v) is 6.37. The van der Waals surface area contributed by atoms with Crippen LogP contribution in [0, 0.1) is 6.92 Å². The molecule has 5 N–H and O–H groups in total. The number of nitrogens with one attached hydrogen (secondary N) is 5. The standard InChI is InChI=1S/C31H28F3N7O4/c1-3-26(42)35-17-27(43)38-21-8-5-9-22(13-21)41-30-36-15-24(16-37-30)40-29(45)25-14-23(11-10-18(25)2)39-28(44)19-6-4-7-20(12-19)31(32,33)34/h3-4,6-7,9-16H,1,5,8,17H2,2H3,(H,35,42)(H,38,43)(H,39,44)(H,40,45)(H,36,37,41). The molecule has 1 heterocycles. The Labute approximate surface area is 255 Å². The summed E-state index contributed by atoms with van der Waals surface area (Å²) in [6.45, 7) is 4.83. The van der Waals surface area contributed by atoms with Crippen molar-refractivity contribution in [2.45, 2.75) is 25.9 Å². The van der Waals surface area contributed by atoms with Gasteiger partial charge in [0.15, 0.2) is 0 Å². The van der Waals surface area contributed by atoms with Gasteiger partial charge in [-0.2, -0.15) is 13.2 Å². The van der Waals surface area contributed by atoms with Crippen LogP contribution in [0.5, 0.6) is 0 Å². The van der Waals surface area contributed by atoms with E-state index < -0.39 is 29.5 Å². The molecule has 0 unspecified atom stereocenters. The van der Waals surface area contributed by atoms with E-state index in [0.29, 0.717) is 29.8 Å². The topological polar surface area (TPSA) is 154 Å². The minimum atomic E-state index is -4.59. The fourth-order valence-corrected chi connectivity index (χ4v) is 4.12. The van der Waals surface area contributed by atoms with Crippen molar-refractivity contribution < 1.29 is 32.3 Å². The Hall–Kier alpha value is -5.79. The maximum absolute atomic E-state index is 13.0. The summed E-state index contributed by atoms with van der Waals surface area (Å²) in [7, 11) is 0. The van der Waals surface area contributed by atoms with Gasteiger partial charge >= 0.3 is 6.18 Å². The Morgan fingerprint density at radius 3 is 2.40 bits per heavy atom. The average Bonchev–Trinajstić information content (AvgIpc) is 3.01. The molecule has 11 nitrogen and oxygen atoms in total. The van der Waals surface area contributed by atoms with E-state index in [9.17, 15) is 32.3 Å². The van der Waals surface area contributed by atoms with Crippen LogP contribution in [0.1, 0.15) is 44.7 Å². The molecule has 232 valence electrons. The molecule has 0 spiro atoms. The van der Waals surface area contributed by atoms with Crippen LogP contribution in [0.3, 0.4) is 0 Å². The number of aryl methyl sites for hydroxylation is 1. The van der Waals surface area contributed by atoms with E-state index in [1.165, 1.54) is 30.6 Å². The first-order chi connectivity index (χ1) is 21.4. The number of aromatic nitrogens is 2. The Balaban J connectivity index is 1.35. The maximum Gasteiger partial charge on any atom is 0.416 e. The van der Waals surface area contributed by atoms with Crippen LogP contribution in [-0.2, 0) is 15.8 Å². The van der Waals surface area contributed by atoms with E-state index >= 15 is 0 Å². The summed E-state index contributed by atoms with van der Waals surface area (Å²) in [6, 6.07) is 8.58. The molecule has 3 aromatic rings. The third kappa shape index (κ3) is 9.10. The van der Waals surface area contributed by atoms with E-state index in [1.807, 2.05) is 6.08 Å². The van der Waals surface area contributed by atoms with Crippen molar-refractivity contribution in [3.05, 3.63) is 113 Å². The number of amides is 4. The van der Waals surface area contributed by atoms with Crippen LogP contribution in [0.15, 0.2) is 91.1 Å². The minimum absolute atomic E-state index is 0.183. The second-order valence-electron chi connectivity index (χ2n) is 9.77. The number of alkyl halides is 3. The number of hydrogen-bond donors (Lipinski definition) is 5. The Morgan fingerprint density at radius 1 is 0.956 bits per heavy atom. The summed E-state index contributed by atoms with van der Waals surface area (Å²) in [5.74, 6) is -1.88. The quantitative estimate of drug-likeness (QED) is 0.206. The van der Waals surface area contributed by atoms with Crippen molar-refractivity contribution in [3.8, 4) is 0 Å². The molecular weight excluding hydrogens is 591 g/mol. The van der Waals surface area contributed by atoms with Crippen molar-refractivity contribution in [2.75, 3.05) is 22.5 Å². The Bertz CT molecular complexity index is 1700. The molecule has 0 radical (unpaired) electrons. The highest BCUT2D eigenvalue weighted by Crippen LogP contribution is 2.30. The Morgan fingerprint density at radius 2 is 1.69 bits per heavy atom. The van der Waals surface area contributed by atoms with E-state index in [2.05, 4.69) is 43.1 Å². The van der Waals surface area contributed by atoms with Gasteiger partial charge in [-0.15, -0.1) is 0 Å². The lowest BCUT2D eigenvalue weighted by Crippen LogP contribution is -2.36. The summed E-state index contributed by atoms with van der Waals surface area (Å²) >= 11 is 0. The molecule has 0 saturated carbocycles. The highest BCUT2D eigenvalue weighted by Gasteiger charge is 2.31. The van der Waals surface area contributed by atoms with Crippen LogP contribution in [0.4, 0.5) is 30.5 Å². The van der Waals surface area contributed by atoms with Crippen LogP contribution in [0.2, 0.25) is 0 Å². The number of rotatable bonds is 10. The highest BCUT2D eigenvalue weighted by atomic mass is 19.4. The van der Waals surface area contributed by atoms with E-state index in [-0.39, 0.29) is 40.9 Å². The molecule has 1 aliphatic carbocycles. The van der Waals surface area contributed by atoms with Crippen LogP contribution in [0.25, 0.3) is 0 Å². The summed E-state index contributed by atoms with van der Waals surface area (Å²) < 4.78 is 39.1. The molecule has 0 saturated heterocycles. The molecule has 4 amide bonds. The molecule has 0 atom stereocenters. The van der Waals surface area contributed by atoms with E-state index in [4.69, 9.17) is 0 Å². The minimum Gasteiger partial charge on any atom is -0.343 e. The average molecular weight is 620 g/mol. The van der Waals surface area contributed by atoms with Crippen LogP contribution < -0.4 is 26.6 Å². The van der Waals surface area contributed by atoms with Crippen molar-refractivity contribution in [3.63, 3.8) is 0 Å². The third-order valence-electron chi connectivity index (χ3n) is 6.37. The molecule has 2 aromatic carbocycles. The van der Waals surface area contributed by atoms with Gasteiger partial charge in [0.1, 0.15) is 0 Å². The lowest BCUT2D eigenvalue weighted by Gasteiger charge is -2.16. The smallest absolute Gasteiger partial charge is 0.343 e. The second-order valence-corrected chi connectivity index (χ2v) is 9.77. The van der Waals surface area contributed by atoms with Crippen LogP contribution in [-0.4, -0.2) is 40.1 Å². The fraction of sp³-hybridized carbons (Fsp3) is 0.161. The van der Waals surface area contributed by atoms with Gasteiger partial charge in [-0.05, 0) is 67.8 Å². The van der Waals surface area contributed by atoms with Gasteiger partial charge < -0.3 is 26.6 Å². The zero-order valence-corrected chi connectivity index (χ0v) is 23.9. The highest BCUT2D eigenvalue weighted by molar-refractivity contribution is 6.08. The summed E-state index contributed by atoms with van der Waals surface area (Å²) in [5.41, 5.74) is 1.46. The number of carbonyl (C=O) groups is 4. The largest absolute Gasteiger partial charge is 0.416 e. The van der Waals surface area contributed by atoms with Gasteiger partial charge in [0.25, 0.3) is 11.8 Å². The number of anilines is 3. The van der Waals surface area contributed by atoms with Crippen molar-refractivity contribution in [1.82, 2.24) is 20.6 Å². The summed E-state index contributed by atoms with van der Waals surface area (Å²) in [5, 5.41) is 13.4. The van der Waals surface area contributed by atoms with Gasteiger partial charge in [-0.25, -0.2) is 9.97 Å². The molecular formula is C31H28F3N7O4. The fourth-order valence-electron chi connectivity index (χ4n) is 4.12. The van der Waals surface area contributed by atoms with E-state index in [0.717, 1.165) is 24.3 Å². The lowest BCUT2D eigenvalue weighted by atomic mass is 10.1. The van der Waals surface area contributed by atoms with Crippen molar-refractivity contribution >= 4 is 41.0 Å². The molecule has 0 fully saturated rings. The number of allylic oxidation sites excluding steroid dienone is 3. The zero-order chi connectivity index (χ0) is 32.6. The number of nitrogens with zero attached hydrogens (tertiary/aromatic N) is 2. The first kappa shape index (κ1) is 32.1. The van der Waals surface area contributed by atoms with Crippen LogP contribution >= 0.6 is 0 Å². The zero-order valence-electron chi connectivity index (χ0n) is 23.9. The number of benzene rings is 2. The second kappa shape index (κ2) is 14.1. The molecule has 0 aliphatic heterocycles. The predicted octanol–water partition coefficient (Wildman–Crippen LogP) is 4.70. The van der Waals surface area contributed by atoms with Crippen molar-refractivity contribution in [1.29, 1.82) is 0 Å². The molecule has 45 heavy (non-hydrogen) atoms. The first-order valence-corrected chi connectivity index (χ1v) is 13.5. The summed E-state index contributed by atoms with van der Waals surface area (Å²) in [6.07, 6.45) is 4.11. The molecule has 0 bridgehead atoms. The molecule has 1 aromatic heterocycles. The van der Waals surface area contributed by atoms with Gasteiger partial charge in [0, 0.05) is 28.2 Å². The Kier molecular flexibility index (Phi) is 10.1. The van der Waals surface area contributed by atoms with Gasteiger partial charge in [-0.3, -0.25) is 19.2 Å². The predicted molar refractivity (Wildman–Crippen MR) is 161 cm³/mol.